The Morgan fingerprint density at radius 1 is 1.00 bits per heavy atom. The molecule has 3 amide bonds. The molecule has 0 unspecified atom stereocenters. The Morgan fingerprint density at radius 3 is 2.28 bits per heavy atom. The number of amides is 3. The van der Waals surface area contributed by atoms with Crippen molar-refractivity contribution in [3.05, 3.63) is 64.1 Å². The summed E-state index contributed by atoms with van der Waals surface area (Å²) >= 11 is 3.35. The van der Waals surface area contributed by atoms with Crippen LogP contribution < -0.4 is 10.6 Å². The van der Waals surface area contributed by atoms with E-state index in [4.69, 9.17) is 0 Å². The Balaban J connectivity index is 2.11. The van der Waals surface area contributed by atoms with E-state index in [2.05, 4.69) is 26.6 Å². The molecule has 6 nitrogen and oxygen atoms in total. The lowest BCUT2D eigenvalue weighted by Crippen LogP contribution is -2.47. The lowest BCUT2D eigenvalue weighted by atomic mass is 10.1. The van der Waals surface area contributed by atoms with Crippen LogP contribution >= 0.6 is 15.9 Å². The molecule has 0 aliphatic rings. The van der Waals surface area contributed by atoms with Crippen LogP contribution in [-0.2, 0) is 4.79 Å². The van der Waals surface area contributed by atoms with Gasteiger partial charge in [0.25, 0.3) is 11.8 Å². The molecule has 0 aliphatic carbocycles. The fourth-order valence-corrected chi connectivity index (χ4v) is 3.10. The lowest BCUT2D eigenvalue weighted by molar-refractivity contribution is -0.123. The van der Waals surface area contributed by atoms with Crippen LogP contribution in [0, 0.1) is 0 Å². The first-order valence-corrected chi connectivity index (χ1v) is 10.2. The molecule has 7 heteroatoms. The number of anilines is 1. The maximum absolute atomic E-state index is 12.9. The molecule has 0 aliphatic heterocycles. The number of benzene rings is 2. The molecule has 0 atom stereocenters. The molecule has 0 spiro atoms. The highest BCUT2D eigenvalue weighted by Crippen LogP contribution is 2.16. The van der Waals surface area contributed by atoms with Gasteiger partial charge < -0.3 is 15.5 Å². The molecule has 2 aromatic carbocycles. The summed E-state index contributed by atoms with van der Waals surface area (Å²) in [6, 6.07) is 13.7. The molecule has 29 heavy (non-hydrogen) atoms. The zero-order chi connectivity index (χ0) is 21.6. The summed E-state index contributed by atoms with van der Waals surface area (Å²) in [4.78, 5) is 39.0. The number of likely N-dealkylation sites (N-methyl/N-ethyl adjacent to an activating group) is 1. The molecule has 154 valence electrons. The van der Waals surface area contributed by atoms with E-state index < -0.39 is 0 Å². The maximum atomic E-state index is 12.9. The Labute approximate surface area is 179 Å². The summed E-state index contributed by atoms with van der Waals surface area (Å²) in [5, 5.41) is 5.66. The molecular formula is C22H26BrN3O3. The number of carbonyl (C=O) groups is 3. The standard InChI is InChI=1S/C22H26BrN3O3/c1-5-26(14-19(27)25-22(2,3)4)21(29)16-9-7-11-18(13-16)24-20(28)15-8-6-10-17(23)12-15/h6-13H,5,14H2,1-4H3,(H,24,28)(H,25,27). The van der Waals surface area contributed by atoms with Crippen LogP contribution in [0.4, 0.5) is 5.69 Å². The molecule has 0 fully saturated rings. The topological polar surface area (TPSA) is 78.5 Å². The van der Waals surface area contributed by atoms with Gasteiger partial charge in [-0.1, -0.05) is 28.1 Å². The SMILES string of the molecule is CCN(CC(=O)NC(C)(C)C)C(=O)c1cccc(NC(=O)c2cccc(Br)c2)c1. The number of hydrogen-bond donors (Lipinski definition) is 2. The molecular weight excluding hydrogens is 434 g/mol. The van der Waals surface area contributed by atoms with Crippen LogP contribution in [0.3, 0.4) is 0 Å². The predicted octanol–water partition coefficient (Wildman–Crippen LogP) is 4.08. The van der Waals surface area contributed by atoms with E-state index in [9.17, 15) is 14.4 Å². The summed E-state index contributed by atoms with van der Waals surface area (Å²) in [5.41, 5.74) is 1.06. The van der Waals surface area contributed by atoms with Crippen molar-refractivity contribution in [1.29, 1.82) is 0 Å². The first-order valence-electron chi connectivity index (χ1n) is 9.36. The second-order valence-corrected chi connectivity index (χ2v) is 8.58. The minimum Gasteiger partial charge on any atom is -0.350 e. The average Bonchev–Trinajstić information content (AvgIpc) is 2.64. The number of halogens is 1. The summed E-state index contributed by atoms with van der Waals surface area (Å²) in [6.45, 7) is 7.86. The minimum absolute atomic E-state index is 0.0266. The molecule has 0 heterocycles. The number of nitrogens with one attached hydrogen (secondary N) is 2. The van der Waals surface area contributed by atoms with Gasteiger partial charge in [-0.25, -0.2) is 0 Å². The van der Waals surface area contributed by atoms with Crippen molar-refractivity contribution in [2.45, 2.75) is 33.2 Å². The summed E-state index contributed by atoms with van der Waals surface area (Å²) < 4.78 is 0.807. The molecule has 2 aromatic rings. The van der Waals surface area contributed by atoms with Crippen LogP contribution in [0.2, 0.25) is 0 Å². The van der Waals surface area contributed by atoms with Gasteiger partial charge >= 0.3 is 0 Å². The van der Waals surface area contributed by atoms with E-state index >= 15 is 0 Å². The number of nitrogens with zero attached hydrogens (tertiary/aromatic N) is 1. The third kappa shape index (κ3) is 7.02. The van der Waals surface area contributed by atoms with Gasteiger partial charge in [-0.15, -0.1) is 0 Å². The van der Waals surface area contributed by atoms with Gasteiger partial charge in [0.1, 0.15) is 0 Å². The highest BCUT2D eigenvalue weighted by molar-refractivity contribution is 9.10. The van der Waals surface area contributed by atoms with Crippen LogP contribution in [0.25, 0.3) is 0 Å². The van der Waals surface area contributed by atoms with Crippen molar-refractivity contribution in [2.75, 3.05) is 18.4 Å². The zero-order valence-electron chi connectivity index (χ0n) is 17.1. The van der Waals surface area contributed by atoms with Gasteiger partial charge in [-0.2, -0.15) is 0 Å². The first-order chi connectivity index (χ1) is 13.6. The molecule has 0 aromatic heterocycles. The lowest BCUT2D eigenvalue weighted by Gasteiger charge is -2.25. The minimum atomic E-state index is -0.365. The van der Waals surface area contributed by atoms with E-state index in [-0.39, 0.29) is 29.8 Å². The van der Waals surface area contributed by atoms with E-state index in [1.807, 2.05) is 33.8 Å². The molecule has 0 bridgehead atoms. The largest absolute Gasteiger partial charge is 0.350 e. The summed E-state index contributed by atoms with van der Waals surface area (Å²) in [6.07, 6.45) is 0. The van der Waals surface area contributed by atoms with Crippen molar-refractivity contribution >= 4 is 39.3 Å². The van der Waals surface area contributed by atoms with Crippen molar-refractivity contribution in [3.63, 3.8) is 0 Å². The molecule has 0 saturated heterocycles. The van der Waals surface area contributed by atoms with Crippen LogP contribution in [0.5, 0.6) is 0 Å². The van der Waals surface area contributed by atoms with Gasteiger partial charge in [0.2, 0.25) is 5.91 Å². The van der Waals surface area contributed by atoms with Crippen LogP contribution in [0.1, 0.15) is 48.4 Å². The highest BCUT2D eigenvalue weighted by Gasteiger charge is 2.20. The van der Waals surface area contributed by atoms with Gasteiger partial charge in [-0.3, -0.25) is 14.4 Å². The Bertz CT molecular complexity index is 906. The Morgan fingerprint density at radius 2 is 1.66 bits per heavy atom. The van der Waals surface area contributed by atoms with E-state index in [1.165, 1.54) is 4.90 Å². The van der Waals surface area contributed by atoms with E-state index in [1.54, 1.807) is 42.5 Å². The van der Waals surface area contributed by atoms with Crippen molar-refractivity contribution in [3.8, 4) is 0 Å². The second kappa shape index (κ2) is 9.69. The summed E-state index contributed by atoms with van der Waals surface area (Å²) in [7, 11) is 0. The highest BCUT2D eigenvalue weighted by atomic mass is 79.9. The first kappa shape index (κ1) is 22.6. The third-order valence-electron chi connectivity index (χ3n) is 3.97. The smallest absolute Gasteiger partial charge is 0.255 e. The van der Waals surface area contributed by atoms with Crippen LogP contribution in [0.15, 0.2) is 53.0 Å². The average molecular weight is 460 g/mol. The quantitative estimate of drug-likeness (QED) is 0.682. The second-order valence-electron chi connectivity index (χ2n) is 7.66. The van der Waals surface area contributed by atoms with E-state index in [0.717, 1.165) is 4.47 Å². The predicted molar refractivity (Wildman–Crippen MR) is 118 cm³/mol. The molecule has 0 saturated carbocycles. The number of carbonyl (C=O) groups excluding carboxylic acids is 3. The monoisotopic (exact) mass is 459 g/mol. The Kier molecular flexibility index (Phi) is 7.56. The van der Waals surface area contributed by atoms with E-state index in [0.29, 0.717) is 23.4 Å². The maximum Gasteiger partial charge on any atom is 0.255 e. The van der Waals surface area contributed by atoms with Gasteiger partial charge in [0.05, 0.1) is 6.54 Å². The molecule has 2 N–H and O–H groups in total. The van der Waals surface area contributed by atoms with Gasteiger partial charge in [0, 0.05) is 33.4 Å². The fraction of sp³-hybridized carbons (Fsp3) is 0.318. The normalized spacial score (nSPS) is 10.9. The summed E-state index contributed by atoms with van der Waals surface area (Å²) in [5.74, 6) is -0.755. The molecule has 2 rings (SSSR count). The van der Waals surface area contributed by atoms with Crippen molar-refractivity contribution in [2.24, 2.45) is 0 Å². The van der Waals surface area contributed by atoms with Gasteiger partial charge in [0.15, 0.2) is 0 Å². The Hall–Kier alpha value is -2.67. The fourth-order valence-electron chi connectivity index (χ4n) is 2.70. The van der Waals surface area contributed by atoms with Gasteiger partial charge in [-0.05, 0) is 64.1 Å². The van der Waals surface area contributed by atoms with Crippen molar-refractivity contribution in [1.82, 2.24) is 10.2 Å². The third-order valence-corrected chi connectivity index (χ3v) is 4.47. The zero-order valence-corrected chi connectivity index (χ0v) is 18.7. The number of rotatable bonds is 6. The number of hydrogen-bond acceptors (Lipinski definition) is 3. The van der Waals surface area contributed by atoms with Crippen LogP contribution in [-0.4, -0.2) is 41.2 Å². The molecule has 0 radical (unpaired) electrons. The van der Waals surface area contributed by atoms with Crippen molar-refractivity contribution < 1.29 is 14.4 Å².